The Morgan fingerprint density at radius 1 is 1.28 bits per heavy atom. The average Bonchev–Trinajstić information content (AvgIpc) is 2.53. The Labute approximate surface area is 113 Å². The molecule has 0 spiro atoms. The van der Waals surface area contributed by atoms with Crippen LogP contribution in [0.4, 0.5) is 0 Å². The molecule has 18 heavy (non-hydrogen) atoms. The van der Waals surface area contributed by atoms with Crippen molar-refractivity contribution in [2.24, 2.45) is 5.92 Å². The molecule has 3 heteroatoms. The van der Waals surface area contributed by atoms with E-state index in [-0.39, 0.29) is 6.10 Å². The van der Waals surface area contributed by atoms with Crippen molar-refractivity contribution in [1.29, 1.82) is 0 Å². The van der Waals surface area contributed by atoms with Crippen LogP contribution in [0.1, 0.15) is 52.9 Å². The van der Waals surface area contributed by atoms with Crippen LogP contribution < -0.4 is 5.32 Å². The molecule has 1 fully saturated rings. The molecule has 0 saturated carbocycles. The lowest BCUT2D eigenvalue weighted by Gasteiger charge is -2.24. The molecule has 0 amide bonds. The third-order valence-corrected chi connectivity index (χ3v) is 3.87. The Kier molecular flexibility index (Phi) is 7.87. The molecule has 1 aliphatic heterocycles. The van der Waals surface area contributed by atoms with Crippen LogP contribution in [0.3, 0.4) is 0 Å². The summed E-state index contributed by atoms with van der Waals surface area (Å²) in [6, 6.07) is 0.456. The van der Waals surface area contributed by atoms with Gasteiger partial charge in [0.25, 0.3) is 0 Å². The summed E-state index contributed by atoms with van der Waals surface area (Å²) in [7, 11) is 0. The molecule has 2 unspecified atom stereocenters. The molecule has 0 radical (unpaired) electrons. The summed E-state index contributed by atoms with van der Waals surface area (Å²) in [5.41, 5.74) is 0. The first kappa shape index (κ1) is 15.9. The molecule has 0 aromatic rings. The molecule has 1 saturated heterocycles. The van der Waals surface area contributed by atoms with Crippen LogP contribution in [0.5, 0.6) is 0 Å². The predicted molar refractivity (Wildman–Crippen MR) is 77.8 cm³/mol. The maximum Gasteiger partial charge on any atom is 0.0791 e. The molecule has 3 nitrogen and oxygen atoms in total. The number of hydrogen-bond acceptors (Lipinski definition) is 3. The number of aliphatic hydroxyl groups excluding tert-OH is 1. The van der Waals surface area contributed by atoms with E-state index in [0.717, 1.165) is 12.5 Å². The fraction of sp³-hybridized carbons (Fsp3) is 1.00. The Morgan fingerprint density at radius 2 is 2.06 bits per heavy atom. The third kappa shape index (κ3) is 6.72. The van der Waals surface area contributed by atoms with Gasteiger partial charge in [0.15, 0.2) is 0 Å². The summed E-state index contributed by atoms with van der Waals surface area (Å²) in [5, 5.41) is 13.3. The predicted octanol–water partition coefficient (Wildman–Crippen LogP) is 2.25. The van der Waals surface area contributed by atoms with Crippen molar-refractivity contribution in [2.75, 3.05) is 26.2 Å². The molecule has 0 bridgehead atoms. The first-order valence-corrected chi connectivity index (χ1v) is 7.75. The monoisotopic (exact) mass is 256 g/mol. The maximum absolute atomic E-state index is 10.0. The van der Waals surface area contributed by atoms with Crippen LogP contribution in [0.15, 0.2) is 0 Å². The standard InChI is InChI=1S/C15H32N2O/c1-4-6-14-7-5-9-17(10-8-14)12-15(18)11-16-13(2)3/h13-16,18H,4-12H2,1-3H3. The highest BCUT2D eigenvalue weighted by molar-refractivity contribution is 4.73. The topological polar surface area (TPSA) is 35.5 Å². The Bertz CT molecular complexity index is 209. The second-order valence-corrected chi connectivity index (χ2v) is 6.10. The van der Waals surface area contributed by atoms with Crippen LogP contribution in [0.2, 0.25) is 0 Å². The van der Waals surface area contributed by atoms with Crippen LogP contribution in [0, 0.1) is 5.92 Å². The SMILES string of the molecule is CCCC1CCCN(CC(O)CNC(C)C)CC1. The second kappa shape index (κ2) is 8.89. The van der Waals surface area contributed by atoms with Gasteiger partial charge in [0.1, 0.15) is 0 Å². The average molecular weight is 256 g/mol. The molecular weight excluding hydrogens is 224 g/mol. The van der Waals surface area contributed by atoms with Gasteiger partial charge in [-0.15, -0.1) is 0 Å². The minimum Gasteiger partial charge on any atom is -0.390 e. The number of nitrogens with zero attached hydrogens (tertiary/aromatic N) is 1. The molecule has 1 aliphatic rings. The van der Waals surface area contributed by atoms with Crippen LogP contribution in [0.25, 0.3) is 0 Å². The minimum absolute atomic E-state index is 0.227. The van der Waals surface area contributed by atoms with Crippen LogP contribution in [-0.2, 0) is 0 Å². The fourth-order valence-corrected chi connectivity index (χ4v) is 2.84. The normalized spacial score (nSPS) is 24.2. The van der Waals surface area contributed by atoms with Gasteiger partial charge in [-0.25, -0.2) is 0 Å². The zero-order valence-electron chi connectivity index (χ0n) is 12.5. The van der Waals surface area contributed by atoms with E-state index in [0.29, 0.717) is 12.6 Å². The van der Waals surface area contributed by atoms with Crippen molar-refractivity contribution in [2.45, 2.75) is 65.0 Å². The lowest BCUT2D eigenvalue weighted by molar-refractivity contribution is 0.110. The number of β-amino-alcohol motifs (C(OH)–C–C–N with tert-alkyl or cyclic N) is 1. The molecule has 2 atom stereocenters. The van der Waals surface area contributed by atoms with E-state index < -0.39 is 0 Å². The smallest absolute Gasteiger partial charge is 0.0791 e. The Morgan fingerprint density at radius 3 is 2.72 bits per heavy atom. The van der Waals surface area contributed by atoms with Crippen molar-refractivity contribution >= 4 is 0 Å². The van der Waals surface area contributed by atoms with Gasteiger partial charge in [0.2, 0.25) is 0 Å². The molecular formula is C15H32N2O. The second-order valence-electron chi connectivity index (χ2n) is 6.10. The lowest BCUT2D eigenvalue weighted by atomic mass is 9.96. The van der Waals surface area contributed by atoms with Crippen molar-refractivity contribution in [1.82, 2.24) is 10.2 Å². The van der Waals surface area contributed by atoms with Crippen molar-refractivity contribution in [3.63, 3.8) is 0 Å². The largest absolute Gasteiger partial charge is 0.390 e. The number of nitrogens with one attached hydrogen (secondary N) is 1. The molecule has 2 N–H and O–H groups in total. The van der Waals surface area contributed by atoms with E-state index in [9.17, 15) is 5.11 Å². The van der Waals surface area contributed by atoms with Gasteiger partial charge >= 0.3 is 0 Å². The lowest BCUT2D eigenvalue weighted by Crippen LogP contribution is -2.40. The van der Waals surface area contributed by atoms with E-state index in [1.807, 2.05) is 0 Å². The quantitative estimate of drug-likeness (QED) is 0.733. The van der Waals surface area contributed by atoms with Gasteiger partial charge in [-0.1, -0.05) is 33.6 Å². The van der Waals surface area contributed by atoms with E-state index in [1.165, 1.54) is 45.2 Å². The zero-order chi connectivity index (χ0) is 13.4. The molecule has 0 aromatic heterocycles. The van der Waals surface area contributed by atoms with Gasteiger partial charge in [-0.2, -0.15) is 0 Å². The van der Waals surface area contributed by atoms with Crippen LogP contribution >= 0.6 is 0 Å². The highest BCUT2D eigenvalue weighted by Gasteiger charge is 2.18. The summed E-state index contributed by atoms with van der Waals surface area (Å²) >= 11 is 0. The van der Waals surface area contributed by atoms with Gasteiger partial charge < -0.3 is 15.3 Å². The fourth-order valence-electron chi connectivity index (χ4n) is 2.84. The number of rotatable bonds is 7. The van der Waals surface area contributed by atoms with Crippen molar-refractivity contribution < 1.29 is 5.11 Å². The Balaban J connectivity index is 2.21. The van der Waals surface area contributed by atoms with E-state index in [4.69, 9.17) is 0 Å². The molecule has 0 aromatic carbocycles. The third-order valence-electron chi connectivity index (χ3n) is 3.87. The summed E-state index contributed by atoms with van der Waals surface area (Å²) < 4.78 is 0. The van der Waals surface area contributed by atoms with E-state index in [1.54, 1.807) is 0 Å². The maximum atomic E-state index is 10.0. The Hall–Kier alpha value is -0.120. The summed E-state index contributed by atoms with van der Waals surface area (Å²) in [4.78, 5) is 2.45. The summed E-state index contributed by atoms with van der Waals surface area (Å²) in [6.45, 7) is 10.4. The van der Waals surface area contributed by atoms with Crippen LogP contribution in [-0.4, -0.2) is 48.3 Å². The molecule has 1 rings (SSSR count). The number of likely N-dealkylation sites (tertiary alicyclic amines) is 1. The van der Waals surface area contributed by atoms with Gasteiger partial charge in [-0.3, -0.25) is 0 Å². The summed E-state index contributed by atoms with van der Waals surface area (Å²) in [5.74, 6) is 0.922. The van der Waals surface area contributed by atoms with E-state index >= 15 is 0 Å². The highest BCUT2D eigenvalue weighted by atomic mass is 16.3. The van der Waals surface area contributed by atoms with Crippen molar-refractivity contribution in [3.05, 3.63) is 0 Å². The van der Waals surface area contributed by atoms with Gasteiger partial charge in [0, 0.05) is 19.1 Å². The molecule has 0 aliphatic carbocycles. The zero-order valence-corrected chi connectivity index (χ0v) is 12.5. The first-order valence-electron chi connectivity index (χ1n) is 7.75. The number of aliphatic hydroxyl groups is 1. The van der Waals surface area contributed by atoms with Crippen molar-refractivity contribution in [3.8, 4) is 0 Å². The molecule has 1 heterocycles. The minimum atomic E-state index is -0.227. The molecule has 108 valence electrons. The van der Waals surface area contributed by atoms with Gasteiger partial charge in [0.05, 0.1) is 6.10 Å². The number of hydrogen-bond donors (Lipinski definition) is 2. The van der Waals surface area contributed by atoms with E-state index in [2.05, 4.69) is 31.0 Å². The van der Waals surface area contributed by atoms with Gasteiger partial charge in [-0.05, 0) is 38.3 Å². The summed E-state index contributed by atoms with van der Waals surface area (Å²) in [6.07, 6.45) is 6.46. The first-order chi connectivity index (χ1) is 8.61. The highest BCUT2D eigenvalue weighted by Crippen LogP contribution is 2.21.